The summed E-state index contributed by atoms with van der Waals surface area (Å²) in [4.78, 5) is 0. The average molecular weight is 289 g/mol. The summed E-state index contributed by atoms with van der Waals surface area (Å²) in [6.07, 6.45) is 6.52. The maximum atomic E-state index is 5.69. The fourth-order valence-electron chi connectivity index (χ4n) is 3.39. The van der Waals surface area contributed by atoms with Crippen molar-refractivity contribution < 1.29 is 4.74 Å². The third-order valence-electron chi connectivity index (χ3n) is 4.67. The predicted molar refractivity (Wildman–Crippen MR) is 89.8 cm³/mol. The van der Waals surface area contributed by atoms with Crippen molar-refractivity contribution >= 4 is 0 Å². The van der Waals surface area contributed by atoms with E-state index in [4.69, 9.17) is 4.74 Å². The Kier molecular flexibility index (Phi) is 6.56. The number of nitrogens with one attached hydrogen (secondary N) is 1. The third kappa shape index (κ3) is 4.74. The first-order valence-corrected chi connectivity index (χ1v) is 8.70. The average Bonchev–Trinajstić information content (AvgIpc) is 2.52. The van der Waals surface area contributed by atoms with E-state index < -0.39 is 0 Å². The highest BCUT2D eigenvalue weighted by atomic mass is 16.5. The topological polar surface area (TPSA) is 21.3 Å². The molecule has 1 aromatic rings. The molecule has 0 spiro atoms. The van der Waals surface area contributed by atoms with Gasteiger partial charge in [0.1, 0.15) is 5.75 Å². The van der Waals surface area contributed by atoms with E-state index in [0.29, 0.717) is 6.04 Å². The number of hydrogen-bond acceptors (Lipinski definition) is 2. The van der Waals surface area contributed by atoms with Gasteiger partial charge in [0.2, 0.25) is 0 Å². The molecule has 1 atom stereocenters. The molecule has 0 saturated heterocycles. The lowest BCUT2D eigenvalue weighted by atomic mass is 9.77. The van der Waals surface area contributed by atoms with Crippen molar-refractivity contribution in [1.29, 1.82) is 0 Å². The van der Waals surface area contributed by atoms with Crippen molar-refractivity contribution in [1.82, 2.24) is 5.32 Å². The predicted octanol–water partition coefficient (Wildman–Crippen LogP) is 4.95. The molecule has 0 amide bonds. The highest BCUT2D eigenvalue weighted by Gasteiger charge is 2.26. The van der Waals surface area contributed by atoms with Gasteiger partial charge in [0, 0.05) is 6.04 Å². The number of hydrogen-bond donors (Lipinski definition) is 1. The normalized spacial score (nSPS) is 23.8. The van der Waals surface area contributed by atoms with Crippen LogP contribution in [0.1, 0.15) is 64.5 Å². The van der Waals surface area contributed by atoms with Crippen LogP contribution in [0.5, 0.6) is 5.75 Å². The van der Waals surface area contributed by atoms with Gasteiger partial charge in [-0.25, -0.2) is 0 Å². The first-order chi connectivity index (χ1) is 10.2. The van der Waals surface area contributed by atoms with Crippen molar-refractivity contribution in [2.75, 3.05) is 13.2 Å². The molecular weight excluding hydrogens is 258 g/mol. The molecule has 118 valence electrons. The van der Waals surface area contributed by atoms with Crippen LogP contribution < -0.4 is 10.1 Å². The van der Waals surface area contributed by atoms with Crippen molar-refractivity contribution in [2.45, 2.75) is 58.9 Å². The monoisotopic (exact) mass is 289 g/mol. The summed E-state index contributed by atoms with van der Waals surface area (Å²) in [5.74, 6) is 2.69. The fraction of sp³-hybridized carbons (Fsp3) is 0.684. The lowest BCUT2D eigenvalue weighted by Gasteiger charge is -2.33. The van der Waals surface area contributed by atoms with E-state index in [1.165, 1.54) is 31.2 Å². The Morgan fingerprint density at radius 2 is 1.76 bits per heavy atom. The molecule has 0 radical (unpaired) electrons. The van der Waals surface area contributed by atoms with E-state index in [-0.39, 0.29) is 0 Å². The molecule has 21 heavy (non-hydrogen) atoms. The first kappa shape index (κ1) is 16.4. The summed E-state index contributed by atoms with van der Waals surface area (Å²) in [7, 11) is 0. The Balaban J connectivity index is 2.03. The highest BCUT2D eigenvalue weighted by Crippen LogP contribution is 2.37. The van der Waals surface area contributed by atoms with Crippen LogP contribution in [0.25, 0.3) is 0 Å². The molecule has 1 fully saturated rings. The zero-order chi connectivity index (χ0) is 15.1. The molecule has 0 aromatic heterocycles. The second kappa shape index (κ2) is 8.43. The van der Waals surface area contributed by atoms with Crippen LogP contribution in [0.3, 0.4) is 0 Å². The van der Waals surface area contributed by atoms with Gasteiger partial charge in [-0.1, -0.05) is 45.7 Å². The largest absolute Gasteiger partial charge is 0.494 e. The molecule has 0 bridgehead atoms. The Labute approximate surface area is 130 Å². The minimum Gasteiger partial charge on any atom is -0.494 e. The van der Waals surface area contributed by atoms with E-state index in [9.17, 15) is 0 Å². The molecule has 0 heterocycles. The van der Waals surface area contributed by atoms with Gasteiger partial charge in [-0.2, -0.15) is 0 Å². The molecule has 1 aromatic carbocycles. The van der Waals surface area contributed by atoms with E-state index in [1.807, 2.05) is 0 Å². The summed E-state index contributed by atoms with van der Waals surface area (Å²) in [6, 6.07) is 9.25. The maximum Gasteiger partial charge on any atom is 0.119 e. The lowest BCUT2D eigenvalue weighted by molar-refractivity contribution is 0.233. The number of rotatable bonds is 7. The second-order valence-corrected chi connectivity index (χ2v) is 6.47. The van der Waals surface area contributed by atoms with Crippen LogP contribution in [-0.4, -0.2) is 13.2 Å². The zero-order valence-corrected chi connectivity index (χ0v) is 13.9. The highest BCUT2D eigenvalue weighted by molar-refractivity contribution is 5.29. The summed E-state index contributed by atoms with van der Waals surface area (Å²) in [5, 5.41) is 3.71. The Bertz CT molecular complexity index is 393. The van der Waals surface area contributed by atoms with Crippen molar-refractivity contribution in [3.05, 3.63) is 29.8 Å². The summed E-state index contributed by atoms with van der Waals surface area (Å²) >= 11 is 0. The van der Waals surface area contributed by atoms with Crippen LogP contribution in [0.4, 0.5) is 0 Å². The van der Waals surface area contributed by atoms with Crippen LogP contribution >= 0.6 is 0 Å². The van der Waals surface area contributed by atoms with E-state index in [0.717, 1.165) is 37.2 Å². The molecule has 0 aliphatic heterocycles. The van der Waals surface area contributed by atoms with E-state index >= 15 is 0 Å². The van der Waals surface area contributed by atoms with Gasteiger partial charge >= 0.3 is 0 Å². The second-order valence-electron chi connectivity index (χ2n) is 6.47. The van der Waals surface area contributed by atoms with Crippen molar-refractivity contribution in [3.63, 3.8) is 0 Å². The smallest absolute Gasteiger partial charge is 0.119 e. The third-order valence-corrected chi connectivity index (χ3v) is 4.67. The molecule has 2 rings (SSSR count). The Morgan fingerprint density at radius 1 is 1.10 bits per heavy atom. The van der Waals surface area contributed by atoms with Gasteiger partial charge in [0.05, 0.1) is 6.61 Å². The molecule has 2 nitrogen and oxygen atoms in total. The van der Waals surface area contributed by atoms with Crippen LogP contribution in [0.15, 0.2) is 24.3 Å². The molecule has 1 aliphatic rings. The fourth-order valence-corrected chi connectivity index (χ4v) is 3.39. The van der Waals surface area contributed by atoms with E-state index in [1.54, 1.807) is 0 Å². The van der Waals surface area contributed by atoms with Gasteiger partial charge in [-0.3, -0.25) is 0 Å². The molecule has 1 N–H and O–H groups in total. The van der Waals surface area contributed by atoms with Gasteiger partial charge in [-0.05, 0) is 55.3 Å². The first-order valence-electron chi connectivity index (χ1n) is 8.70. The zero-order valence-electron chi connectivity index (χ0n) is 13.9. The van der Waals surface area contributed by atoms with Gasteiger partial charge in [0.25, 0.3) is 0 Å². The summed E-state index contributed by atoms with van der Waals surface area (Å²) in [6.45, 7) is 8.57. The van der Waals surface area contributed by atoms with Crippen molar-refractivity contribution in [2.24, 2.45) is 11.8 Å². The standard InChI is InChI=1S/C19H31NO/c1-4-14-21-18-12-10-17(11-13-18)19(20-5-2)16-8-6-15(3)7-9-16/h10-13,15-16,19-20H,4-9,14H2,1-3H3. The Hall–Kier alpha value is -1.02. The molecule has 1 unspecified atom stereocenters. The molecule has 1 aliphatic carbocycles. The number of benzene rings is 1. The van der Waals surface area contributed by atoms with Crippen molar-refractivity contribution in [3.8, 4) is 5.75 Å². The summed E-state index contributed by atoms with van der Waals surface area (Å²) in [5.41, 5.74) is 1.42. The van der Waals surface area contributed by atoms with Crippen LogP contribution in [0, 0.1) is 11.8 Å². The van der Waals surface area contributed by atoms with Gasteiger partial charge in [-0.15, -0.1) is 0 Å². The molecular formula is C19H31NO. The van der Waals surface area contributed by atoms with Gasteiger partial charge < -0.3 is 10.1 Å². The minimum absolute atomic E-state index is 0.503. The number of ether oxygens (including phenoxy) is 1. The maximum absolute atomic E-state index is 5.69. The van der Waals surface area contributed by atoms with E-state index in [2.05, 4.69) is 50.4 Å². The summed E-state index contributed by atoms with van der Waals surface area (Å²) < 4.78 is 5.69. The minimum atomic E-state index is 0.503. The van der Waals surface area contributed by atoms with Crippen LogP contribution in [0.2, 0.25) is 0 Å². The quantitative estimate of drug-likeness (QED) is 0.766. The Morgan fingerprint density at radius 3 is 2.33 bits per heavy atom. The van der Waals surface area contributed by atoms with Crippen LogP contribution in [-0.2, 0) is 0 Å². The lowest BCUT2D eigenvalue weighted by Crippen LogP contribution is -2.30. The molecule has 2 heteroatoms. The SMILES string of the molecule is CCCOc1ccc(C(NCC)C2CCC(C)CC2)cc1. The van der Waals surface area contributed by atoms with Gasteiger partial charge in [0.15, 0.2) is 0 Å². The molecule has 1 saturated carbocycles.